The van der Waals surface area contributed by atoms with Crippen molar-refractivity contribution in [1.82, 2.24) is 4.90 Å². The number of piperidine rings is 1. The number of hydrogen-bond donors (Lipinski definition) is 0. The van der Waals surface area contributed by atoms with Gasteiger partial charge in [0.15, 0.2) is 0 Å². The monoisotopic (exact) mass is 476 g/mol. The van der Waals surface area contributed by atoms with E-state index in [2.05, 4.69) is 67.3 Å². The van der Waals surface area contributed by atoms with Crippen LogP contribution in [0.1, 0.15) is 30.9 Å². The fourth-order valence-electron chi connectivity index (χ4n) is 5.44. The molecule has 0 N–H and O–H groups in total. The van der Waals surface area contributed by atoms with Crippen molar-refractivity contribution in [2.24, 2.45) is 0 Å². The van der Waals surface area contributed by atoms with E-state index in [1.807, 2.05) is 0 Å². The Morgan fingerprint density at radius 3 is 2.59 bits per heavy atom. The van der Waals surface area contributed by atoms with Crippen molar-refractivity contribution in [1.29, 1.82) is 0 Å². The SMILES string of the molecule is Cc1ccccc1-c1cccc(CN2CCC3(C=CS(=O)(=O)N3c3cccc(F)c3)CC2C)c1. The minimum atomic E-state index is -3.64. The number of sulfonamides is 1. The third kappa shape index (κ3) is 4.17. The van der Waals surface area contributed by atoms with Crippen molar-refractivity contribution in [2.75, 3.05) is 10.8 Å². The predicted octanol–water partition coefficient (Wildman–Crippen LogP) is 5.89. The zero-order valence-electron chi connectivity index (χ0n) is 19.5. The fourth-order valence-corrected chi connectivity index (χ4v) is 7.13. The molecule has 0 saturated carbocycles. The lowest BCUT2D eigenvalue weighted by Crippen LogP contribution is -2.56. The Morgan fingerprint density at radius 2 is 1.82 bits per heavy atom. The van der Waals surface area contributed by atoms with Gasteiger partial charge in [0.2, 0.25) is 0 Å². The first-order valence-corrected chi connectivity index (χ1v) is 13.2. The summed E-state index contributed by atoms with van der Waals surface area (Å²) in [4.78, 5) is 2.41. The zero-order chi connectivity index (χ0) is 23.9. The molecule has 1 spiro atoms. The minimum absolute atomic E-state index is 0.157. The second kappa shape index (κ2) is 8.67. The van der Waals surface area contributed by atoms with Crippen LogP contribution in [0, 0.1) is 12.7 Å². The largest absolute Gasteiger partial charge is 0.296 e. The fraction of sp³-hybridized carbons (Fsp3) is 0.286. The lowest BCUT2D eigenvalue weighted by molar-refractivity contribution is 0.120. The molecule has 2 heterocycles. The lowest BCUT2D eigenvalue weighted by atomic mass is 9.83. The minimum Gasteiger partial charge on any atom is -0.296 e. The quantitative estimate of drug-likeness (QED) is 0.472. The number of halogens is 1. The molecule has 1 fully saturated rings. The average molecular weight is 477 g/mol. The maximum Gasteiger partial charge on any atom is 0.258 e. The van der Waals surface area contributed by atoms with Gasteiger partial charge in [-0.1, -0.05) is 48.5 Å². The Bertz CT molecular complexity index is 1350. The van der Waals surface area contributed by atoms with Crippen LogP contribution in [0.25, 0.3) is 11.1 Å². The van der Waals surface area contributed by atoms with Crippen LogP contribution in [-0.4, -0.2) is 31.4 Å². The van der Waals surface area contributed by atoms with E-state index in [1.165, 1.54) is 44.1 Å². The number of rotatable bonds is 4. The Hall–Kier alpha value is -2.96. The molecular weight excluding hydrogens is 447 g/mol. The average Bonchev–Trinajstić information content (AvgIpc) is 3.06. The topological polar surface area (TPSA) is 40.6 Å². The lowest BCUT2D eigenvalue weighted by Gasteiger charge is -2.47. The van der Waals surface area contributed by atoms with E-state index in [4.69, 9.17) is 0 Å². The number of anilines is 1. The van der Waals surface area contributed by atoms with Gasteiger partial charge in [0.25, 0.3) is 10.0 Å². The molecule has 3 aromatic carbocycles. The van der Waals surface area contributed by atoms with Crippen molar-refractivity contribution in [2.45, 2.75) is 44.8 Å². The van der Waals surface area contributed by atoms with Gasteiger partial charge in [0.1, 0.15) is 5.82 Å². The maximum atomic E-state index is 13.9. The van der Waals surface area contributed by atoms with E-state index in [0.29, 0.717) is 18.5 Å². The Kier molecular flexibility index (Phi) is 5.82. The summed E-state index contributed by atoms with van der Waals surface area (Å²) >= 11 is 0. The zero-order valence-corrected chi connectivity index (χ0v) is 20.3. The van der Waals surface area contributed by atoms with Gasteiger partial charge < -0.3 is 0 Å². The van der Waals surface area contributed by atoms with E-state index >= 15 is 0 Å². The van der Waals surface area contributed by atoms with Gasteiger partial charge in [-0.25, -0.2) is 12.8 Å². The molecule has 1 saturated heterocycles. The van der Waals surface area contributed by atoms with E-state index < -0.39 is 21.4 Å². The van der Waals surface area contributed by atoms with Crippen LogP contribution in [0.3, 0.4) is 0 Å². The molecular formula is C28H29FN2O2S. The van der Waals surface area contributed by atoms with E-state index in [9.17, 15) is 12.8 Å². The van der Waals surface area contributed by atoms with E-state index in [1.54, 1.807) is 18.2 Å². The van der Waals surface area contributed by atoms with E-state index in [-0.39, 0.29) is 6.04 Å². The molecule has 2 atom stereocenters. The molecule has 4 nitrogen and oxygen atoms in total. The van der Waals surface area contributed by atoms with Crippen LogP contribution in [0.15, 0.2) is 84.3 Å². The van der Waals surface area contributed by atoms with Gasteiger partial charge in [-0.15, -0.1) is 0 Å². The number of likely N-dealkylation sites (tertiary alicyclic amines) is 1. The van der Waals surface area contributed by atoms with Crippen LogP contribution < -0.4 is 4.31 Å². The number of aryl methyl sites for hydroxylation is 1. The molecule has 5 rings (SSSR count). The smallest absolute Gasteiger partial charge is 0.258 e. The number of hydrogen-bond acceptors (Lipinski definition) is 3. The molecule has 2 aliphatic heterocycles. The number of benzene rings is 3. The van der Waals surface area contributed by atoms with Gasteiger partial charge in [0.05, 0.1) is 11.2 Å². The maximum absolute atomic E-state index is 13.9. The molecule has 6 heteroatoms. The van der Waals surface area contributed by atoms with Crippen LogP contribution in [-0.2, 0) is 16.6 Å². The Morgan fingerprint density at radius 1 is 1.03 bits per heavy atom. The first-order chi connectivity index (χ1) is 16.3. The molecule has 0 radical (unpaired) electrons. The first kappa shape index (κ1) is 22.8. The molecule has 0 aliphatic carbocycles. The van der Waals surface area contributed by atoms with E-state index in [0.717, 1.165) is 13.1 Å². The Balaban J connectivity index is 1.37. The summed E-state index contributed by atoms with van der Waals surface area (Å²) in [5.41, 5.74) is 4.66. The molecule has 3 aromatic rings. The highest BCUT2D eigenvalue weighted by Gasteiger charge is 2.49. The number of nitrogens with zero attached hydrogens (tertiary/aromatic N) is 2. The van der Waals surface area contributed by atoms with Crippen LogP contribution in [0.2, 0.25) is 0 Å². The standard InChI is InChI=1S/C28H29FN2O2S/c1-21-7-3-4-12-27(21)24-9-5-8-23(17-24)20-30-15-13-28(19-22(30)2)14-16-34(32,33)31(28)26-11-6-10-25(29)18-26/h3-12,14,16-18,22H,13,15,19-20H2,1-2H3. The van der Waals surface area contributed by atoms with Gasteiger partial charge in [-0.05, 0) is 79.3 Å². The predicted molar refractivity (Wildman–Crippen MR) is 135 cm³/mol. The van der Waals surface area contributed by atoms with Crippen LogP contribution >= 0.6 is 0 Å². The molecule has 0 aromatic heterocycles. The van der Waals surface area contributed by atoms with Gasteiger partial charge >= 0.3 is 0 Å². The molecule has 0 bridgehead atoms. The summed E-state index contributed by atoms with van der Waals surface area (Å²) in [6, 6.07) is 23.1. The second-order valence-corrected chi connectivity index (χ2v) is 11.2. The van der Waals surface area contributed by atoms with Gasteiger partial charge in [0, 0.05) is 24.5 Å². The summed E-state index contributed by atoms with van der Waals surface area (Å²) in [7, 11) is -3.64. The summed E-state index contributed by atoms with van der Waals surface area (Å²) in [6.45, 7) is 5.82. The Labute approximate surface area is 201 Å². The summed E-state index contributed by atoms with van der Waals surface area (Å²) in [5, 5.41) is 1.28. The van der Waals surface area contributed by atoms with Crippen molar-refractivity contribution >= 4 is 15.7 Å². The summed E-state index contributed by atoms with van der Waals surface area (Å²) in [6.07, 6.45) is 3.11. The molecule has 0 amide bonds. The molecule has 176 valence electrons. The summed E-state index contributed by atoms with van der Waals surface area (Å²) in [5.74, 6) is -0.436. The van der Waals surface area contributed by atoms with Crippen molar-refractivity contribution < 1.29 is 12.8 Å². The second-order valence-electron chi connectivity index (χ2n) is 9.48. The van der Waals surface area contributed by atoms with Crippen molar-refractivity contribution in [3.05, 3.63) is 101 Å². The first-order valence-electron chi connectivity index (χ1n) is 11.7. The normalized spacial score (nSPS) is 24.1. The highest BCUT2D eigenvalue weighted by molar-refractivity contribution is 7.96. The van der Waals surface area contributed by atoms with Gasteiger partial charge in [-0.2, -0.15) is 0 Å². The highest BCUT2D eigenvalue weighted by Crippen LogP contribution is 2.43. The van der Waals surface area contributed by atoms with Gasteiger partial charge in [-0.3, -0.25) is 9.21 Å². The van der Waals surface area contributed by atoms with Crippen LogP contribution in [0.4, 0.5) is 10.1 Å². The third-order valence-corrected chi connectivity index (χ3v) is 8.69. The highest BCUT2D eigenvalue weighted by atomic mass is 32.2. The third-order valence-electron chi connectivity index (χ3n) is 7.12. The molecule has 2 aliphatic rings. The van der Waals surface area contributed by atoms with Crippen molar-refractivity contribution in [3.63, 3.8) is 0 Å². The van der Waals surface area contributed by atoms with Crippen molar-refractivity contribution in [3.8, 4) is 11.1 Å². The molecule has 2 unspecified atom stereocenters. The van der Waals surface area contributed by atoms with Crippen LogP contribution in [0.5, 0.6) is 0 Å². The molecule has 34 heavy (non-hydrogen) atoms. The summed E-state index contributed by atoms with van der Waals surface area (Å²) < 4.78 is 41.2.